The normalized spacial score (nSPS) is 24.6. The summed E-state index contributed by atoms with van der Waals surface area (Å²) in [7, 11) is 0. The van der Waals surface area contributed by atoms with Gasteiger partial charge in [-0.05, 0) is 18.2 Å². The molecule has 0 N–H and O–H groups in total. The number of carbonyl (C=O) groups excluding carboxylic acids is 2. The first kappa shape index (κ1) is 12.6. The molecule has 2 rings (SSSR count). The van der Waals surface area contributed by atoms with Crippen molar-refractivity contribution in [1.82, 2.24) is 0 Å². The van der Waals surface area contributed by atoms with Gasteiger partial charge in [-0.2, -0.15) is 0 Å². The molecular formula is C12H11BrClNO2. The van der Waals surface area contributed by atoms with Gasteiger partial charge in [-0.1, -0.05) is 41.4 Å². The number of hydrogen-bond donors (Lipinski definition) is 0. The Hall–Kier alpha value is -0.870. The molecule has 0 aliphatic carbocycles. The van der Waals surface area contributed by atoms with Crippen LogP contribution in [0.5, 0.6) is 0 Å². The van der Waals surface area contributed by atoms with Gasteiger partial charge in [0.15, 0.2) is 0 Å². The monoisotopic (exact) mass is 315 g/mol. The third kappa shape index (κ3) is 2.00. The zero-order valence-corrected chi connectivity index (χ0v) is 11.7. The van der Waals surface area contributed by atoms with E-state index in [9.17, 15) is 9.59 Å². The first-order valence-electron chi connectivity index (χ1n) is 5.26. The lowest BCUT2D eigenvalue weighted by atomic mass is 10.00. The second-order valence-electron chi connectivity index (χ2n) is 4.18. The largest absolute Gasteiger partial charge is 0.274 e. The molecule has 1 aromatic carbocycles. The van der Waals surface area contributed by atoms with Crippen molar-refractivity contribution in [2.75, 3.05) is 4.90 Å². The third-order valence-electron chi connectivity index (χ3n) is 3.12. The summed E-state index contributed by atoms with van der Waals surface area (Å²) in [5, 5.41) is 0.399. The molecule has 2 unspecified atom stereocenters. The summed E-state index contributed by atoms with van der Waals surface area (Å²) in [6.07, 6.45) is 0. The van der Waals surface area contributed by atoms with E-state index in [1.807, 2.05) is 0 Å². The summed E-state index contributed by atoms with van der Waals surface area (Å²) in [4.78, 5) is 25.2. The Morgan fingerprint density at radius 2 is 1.71 bits per heavy atom. The molecule has 2 amide bonds. The highest BCUT2D eigenvalue weighted by molar-refractivity contribution is 9.10. The molecule has 5 heteroatoms. The number of anilines is 1. The van der Waals surface area contributed by atoms with Crippen molar-refractivity contribution in [3.8, 4) is 0 Å². The van der Waals surface area contributed by atoms with Crippen LogP contribution in [0, 0.1) is 11.8 Å². The van der Waals surface area contributed by atoms with Crippen LogP contribution in [-0.2, 0) is 9.59 Å². The maximum absolute atomic E-state index is 12.0. The van der Waals surface area contributed by atoms with Crippen LogP contribution in [0.1, 0.15) is 13.8 Å². The minimum atomic E-state index is -0.294. The fourth-order valence-corrected chi connectivity index (χ4v) is 2.39. The Balaban J connectivity index is 2.50. The fourth-order valence-electron chi connectivity index (χ4n) is 1.84. The summed E-state index contributed by atoms with van der Waals surface area (Å²) in [6.45, 7) is 3.52. The molecule has 0 aromatic heterocycles. The van der Waals surface area contributed by atoms with Crippen LogP contribution in [0.2, 0.25) is 5.02 Å². The Morgan fingerprint density at radius 3 is 2.24 bits per heavy atom. The van der Waals surface area contributed by atoms with Crippen LogP contribution >= 0.6 is 27.5 Å². The minimum absolute atomic E-state index is 0.192. The van der Waals surface area contributed by atoms with Crippen molar-refractivity contribution in [2.45, 2.75) is 13.8 Å². The lowest BCUT2D eigenvalue weighted by Crippen LogP contribution is -2.30. The number of halogens is 2. The number of rotatable bonds is 1. The molecule has 0 spiro atoms. The van der Waals surface area contributed by atoms with E-state index >= 15 is 0 Å². The van der Waals surface area contributed by atoms with Gasteiger partial charge in [0, 0.05) is 16.3 Å². The number of amides is 2. The summed E-state index contributed by atoms with van der Waals surface area (Å²) >= 11 is 9.34. The minimum Gasteiger partial charge on any atom is -0.274 e. The van der Waals surface area contributed by atoms with Crippen molar-refractivity contribution in [3.63, 3.8) is 0 Å². The molecule has 1 aliphatic rings. The first-order chi connectivity index (χ1) is 7.93. The molecule has 1 aromatic rings. The fraction of sp³-hybridized carbons (Fsp3) is 0.333. The number of nitrogens with zero attached hydrogens (tertiary/aromatic N) is 1. The zero-order valence-electron chi connectivity index (χ0n) is 9.41. The molecule has 90 valence electrons. The van der Waals surface area contributed by atoms with E-state index in [1.54, 1.807) is 32.0 Å². The maximum atomic E-state index is 12.0. The second-order valence-corrected chi connectivity index (χ2v) is 5.51. The molecule has 0 bridgehead atoms. The molecule has 1 heterocycles. The van der Waals surface area contributed by atoms with Gasteiger partial charge < -0.3 is 0 Å². The van der Waals surface area contributed by atoms with E-state index in [0.717, 1.165) is 4.47 Å². The molecule has 1 fully saturated rings. The smallest absolute Gasteiger partial charge is 0.237 e. The highest BCUT2D eigenvalue weighted by atomic mass is 79.9. The van der Waals surface area contributed by atoms with Crippen LogP contribution in [0.25, 0.3) is 0 Å². The molecule has 0 radical (unpaired) electrons. The molecule has 1 aliphatic heterocycles. The zero-order chi connectivity index (χ0) is 12.7. The number of carbonyl (C=O) groups is 2. The van der Waals surface area contributed by atoms with Crippen LogP contribution in [0.3, 0.4) is 0 Å². The van der Waals surface area contributed by atoms with Gasteiger partial charge in [0.2, 0.25) is 11.8 Å². The SMILES string of the molecule is CC1C(=O)N(c2cc(Br)ccc2Cl)C(=O)C1C. The topological polar surface area (TPSA) is 37.4 Å². The van der Waals surface area contributed by atoms with Crippen molar-refractivity contribution >= 4 is 45.0 Å². The predicted molar refractivity (Wildman–Crippen MR) is 70.0 cm³/mol. The Kier molecular flexibility index (Phi) is 3.27. The van der Waals surface area contributed by atoms with Gasteiger partial charge in [0.05, 0.1) is 10.7 Å². The lowest BCUT2D eigenvalue weighted by molar-refractivity contribution is -0.122. The summed E-state index contributed by atoms with van der Waals surface area (Å²) in [5.74, 6) is -0.972. The standard InChI is InChI=1S/C12H11BrClNO2/c1-6-7(2)12(17)15(11(6)16)10-5-8(13)3-4-9(10)14/h3-7H,1-2H3. The van der Waals surface area contributed by atoms with Gasteiger partial charge in [0.1, 0.15) is 0 Å². The highest BCUT2D eigenvalue weighted by Gasteiger charge is 2.43. The van der Waals surface area contributed by atoms with Gasteiger partial charge in [-0.25, -0.2) is 4.90 Å². The van der Waals surface area contributed by atoms with Crippen LogP contribution in [-0.4, -0.2) is 11.8 Å². The number of hydrogen-bond acceptors (Lipinski definition) is 2. The number of benzene rings is 1. The van der Waals surface area contributed by atoms with E-state index in [2.05, 4.69) is 15.9 Å². The quantitative estimate of drug-likeness (QED) is 0.746. The molecule has 2 atom stereocenters. The van der Waals surface area contributed by atoms with Crippen molar-refractivity contribution < 1.29 is 9.59 Å². The van der Waals surface area contributed by atoms with Gasteiger partial charge in [-0.15, -0.1) is 0 Å². The molecule has 17 heavy (non-hydrogen) atoms. The molecule has 0 saturated carbocycles. The summed E-state index contributed by atoms with van der Waals surface area (Å²) in [6, 6.07) is 5.11. The average molecular weight is 317 g/mol. The summed E-state index contributed by atoms with van der Waals surface area (Å²) < 4.78 is 0.782. The second kappa shape index (κ2) is 4.42. The van der Waals surface area contributed by atoms with Crippen LogP contribution in [0.15, 0.2) is 22.7 Å². The lowest BCUT2D eigenvalue weighted by Gasteiger charge is -2.16. The van der Waals surface area contributed by atoms with Crippen molar-refractivity contribution in [1.29, 1.82) is 0 Å². The van der Waals surface area contributed by atoms with E-state index in [1.165, 1.54) is 4.90 Å². The van der Waals surface area contributed by atoms with E-state index in [0.29, 0.717) is 10.7 Å². The van der Waals surface area contributed by atoms with Crippen molar-refractivity contribution in [2.24, 2.45) is 11.8 Å². The predicted octanol–water partition coefficient (Wildman–Crippen LogP) is 3.25. The maximum Gasteiger partial charge on any atom is 0.237 e. The van der Waals surface area contributed by atoms with E-state index < -0.39 is 0 Å². The van der Waals surface area contributed by atoms with Crippen molar-refractivity contribution in [3.05, 3.63) is 27.7 Å². The molecule has 3 nitrogen and oxygen atoms in total. The van der Waals surface area contributed by atoms with E-state index in [4.69, 9.17) is 11.6 Å². The average Bonchev–Trinajstić information content (AvgIpc) is 2.48. The van der Waals surface area contributed by atoms with Gasteiger partial charge in [-0.3, -0.25) is 9.59 Å². The van der Waals surface area contributed by atoms with Gasteiger partial charge in [0.25, 0.3) is 0 Å². The Labute approximate surface area is 113 Å². The summed E-state index contributed by atoms with van der Waals surface area (Å²) in [5.41, 5.74) is 0.451. The Bertz CT molecular complexity index is 483. The van der Waals surface area contributed by atoms with Crippen LogP contribution < -0.4 is 4.90 Å². The van der Waals surface area contributed by atoms with E-state index in [-0.39, 0.29) is 23.7 Å². The molecule has 1 saturated heterocycles. The highest BCUT2D eigenvalue weighted by Crippen LogP contribution is 2.36. The van der Waals surface area contributed by atoms with Gasteiger partial charge >= 0.3 is 0 Å². The third-order valence-corrected chi connectivity index (χ3v) is 3.93. The Morgan fingerprint density at radius 1 is 1.18 bits per heavy atom. The number of imide groups is 1. The van der Waals surface area contributed by atoms with Crippen LogP contribution in [0.4, 0.5) is 5.69 Å². The molecular weight excluding hydrogens is 305 g/mol. The first-order valence-corrected chi connectivity index (χ1v) is 6.43.